The van der Waals surface area contributed by atoms with Crippen molar-refractivity contribution < 1.29 is 4.74 Å². The minimum atomic E-state index is 0.510. The molecule has 0 aromatic carbocycles. The lowest BCUT2D eigenvalue weighted by Crippen LogP contribution is -1.96. The largest absolute Gasteiger partial charge is 0.376 e. The highest BCUT2D eigenvalue weighted by Gasteiger charge is 1.94. The van der Waals surface area contributed by atoms with Crippen LogP contribution in [0.2, 0.25) is 5.15 Å². The molecule has 0 N–H and O–H groups in total. The Hall–Kier alpha value is -0.860. The van der Waals surface area contributed by atoms with Crippen LogP contribution >= 0.6 is 11.6 Å². The van der Waals surface area contributed by atoms with Crippen molar-refractivity contribution in [3.05, 3.63) is 41.2 Å². The van der Waals surface area contributed by atoms with Crippen LogP contribution < -0.4 is 0 Å². The van der Waals surface area contributed by atoms with Gasteiger partial charge in [-0.2, -0.15) is 0 Å². The van der Waals surface area contributed by atoms with Crippen LogP contribution in [0.1, 0.15) is 18.9 Å². The average Bonchev–Trinajstić information content (AvgIpc) is 2.15. The van der Waals surface area contributed by atoms with Crippen molar-refractivity contribution in [1.82, 2.24) is 4.98 Å². The molecule has 0 aliphatic rings. The summed E-state index contributed by atoms with van der Waals surface area (Å²) in [5.74, 6) is 0. The molecule has 0 atom stereocenters. The highest BCUT2D eigenvalue weighted by atomic mass is 35.5. The summed E-state index contributed by atoms with van der Waals surface area (Å²) in [6.07, 6.45) is 2.63. The van der Waals surface area contributed by atoms with E-state index in [1.165, 1.54) is 0 Å². The summed E-state index contributed by atoms with van der Waals surface area (Å²) in [6, 6.07) is 3.68. The third-order valence-corrected chi connectivity index (χ3v) is 1.95. The van der Waals surface area contributed by atoms with E-state index in [1.807, 2.05) is 13.0 Å². The van der Waals surface area contributed by atoms with Crippen LogP contribution in [0.4, 0.5) is 0 Å². The number of halogens is 1. The minimum absolute atomic E-state index is 0.510. The zero-order valence-electron chi connectivity index (χ0n) is 8.29. The van der Waals surface area contributed by atoms with E-state index in [0.717, 1.165) is 17.6 Å². The Kier molecular flexibility index (Phi) is 4.63. The number of nitrogens with zero attached hydrogens (tertiary/aromatic N) is 1. The van der Waals surface area contributed by atoms with Gasteiger partial charge in [0.25, 0.3) is 0 Å². The molecule has 76 valence electrons. The molecule has 0 bridgehead atoms. The Labute approximate surface area is 89.6 Å². The molecule has 0 unspecified atom stereocenters. The van der Waals surface area contributed by atoms with Crippen LogP contribution in [0.15, 0.2) is 30.5 Å². The highest BCUT2D eigenvalue weighted by molar-refractivity contribution is 6.29. The van der Waals surface area contributed by atoms with Crippen LogP contribution in [0.5, 0.6) is 0 Å². The summed E-state index contributed by atoms with van der Waals surface area (Å²) < 4.78 is 5.43. The van der Waals surface area contributed by atoms with E-state index in [9.17, 15) is 0 Å². The van der Waals surface area contributed by atoms with Gasteiger partial charge in [-0.05, 0) is 25.0 Å². The summed E-state index contributed by atoms with van der Waals surface area (Å²) in [6.45, 7) is 7.08. The Morgan fingerprint density at radius 1 is 1.57 bits per heavy atom. The second kappa shape index (κ2) is 5.78. The molecule has 0 aliphatic carbocycles. The maximum atomic E-state index is 5.65. The van der Waals surface area contributed by atoms with Crippen LogP contribution in [-0.4, -0.2) is 11.6 Å². The predicted octanol–water partition coefficient (Wildman–Crippen LogP) is 3.22. The van der Waals surface area contributed by atoms with Gasteiger partial charge in [0.2, 0.25) is 0 Å². The number of aromatic nitrogens is 1. The molecular formula is C11H14ClNO. The van der Waals surface area contributed by atoms with Gasteiger partial charge in [-0.25, -0.2) is 4.98 Å². The first-order valence-electron chi connectivity index (χ1n) is 4.51. The minimum Gasteiger partial charge on any atom is -0.376 e. The number of hydrogen-bond acceptors (Lipinski definition) is 2. The zero-order valence-corrected chi connectivity index (χ0v) is 9.05. The molecule has 1 aromatic heterocycles. The number of ether oxygens (including phenoxy) is 1. The molecule has 0 saturated heterocycles. The Balaban J connectivity index is 2.25. The SMILES string of the molecule is C=C(C)CCOCc1ccc(Cl)nc1. The topological polar surface area (TPSA) is 22.1 Å². The predicted molar refractivity (Wildman–Crippen MR) is 58.3 cm³/mol. The van der Waals surface area contributed by atoms with Crippen molar-refractivity contribution in [3.8, 4) is 0 Å². The lowest BCUT2D eigenvalue weighted by Gasteiger charge is -2.03. The van der Waals surface area contributed by atoms with Gasteiger partial charge in [0.05, 0.1) is 13.2 Å². The van der Waals surface area contributed by atoms with Crippen LogP contribution in [0.25, 0.3) is 0 Å². The fourth-order valence-electron chi connectivity index (χ4n) is 0.928. The van der Waals surface area contributed by atoms with Crippen molar-refractivity contribution in [1.29, 1.82) is 0 Å². The molecular weight excluding hydrogens is 198 g/mol. The fraction of sp³-hybridized carbons (Fsp3) is 0.364. The van der Waals surface area contributed by atoms with E-state index in [0.29, 0.717) is 18.4 Å². The molecule has 0 fully saturated rings. The van der Waals surface area contributed by atoms with Gasteiger partial charge in [-0.3, -0.25) is 0 Å². The van der Waals surface area contributed by atoms with Gasteiger partial charge in [0, 0.05) is 6.20 Å². The molecule has 0 saturated carbocycles. The molecule has 14 heavy (non-hydrogen) atoms. The lowest BCUT2D eigenvalue weighted by atomic mass is 10.2. The third kappa shape index (κ3) is 4.40. The monoisotopic (exact) mass is 211 g/mol. The van der Waals surface area contributed by atoms with Gasteiger partial charge in [0.15, 0.2) is 0 Å². The molecule has 3 heteroatoms. The van der Waals surface area contributed by atoms with Gasteiger partial charge < -0.3 is 4.74 Å². The number of rotatable bonds is 5. The summed E-state index contributed by atoms with van der Waals surface area (Å²) in [5, 5.41) is 0.510. The molecule has 0 radical (unpaired) electrons. The summed E-state index contributed by atoms with van der Waals surface area (Å²) in [5.41, 5.74) is 2.18. The Morgan fingerprint density at radius 3 is 2.93 bits per heavy atom. The van der Waals surface area contributed by atoms with E-state index in [-0.39, 0.29) is 0 Å². The third-order valence-electron chi connectivity index (χ3n) is 1.73. The molecule has 0 spiro atoms. The second-order valence-electron chi connectivity index (χ2n) is 3.25. The number of hydrogen-bond donors (Lipinski definition) is 0. The first-order chi connectivity index (χ1) is 6.68. The molecule has 1 aromatic rings. The van der Waals surface area contributed by atoms with Gasteiger partial charge in [0.1, 0.15) is 5.15 Å². The first-order valence-corrected chi connectivity index (χ1v) is 4.89. The quantitative estimate of drug-likeness (QED) is 0.424. The van der Waals surface area contributed by atoms with E-state index < -0.39 is 0 Å². The molecule has 2 nitrogen and oxygen atoms in total. The van der Waals surface area contributed by atoms with Crippen LogP contribution in [0, 0.1) is 0 Å². The van der Waals surface area contributed by atoms with Gasteiger partial charge in [-0.15, -0.1) is 6.58 Å². The van der Waals surface area contributed by atoms with Crippen molar-refractivity contribution in [2.24, 2.45) is 0 Å². The summed E-state index contributed by atoms with van der Waals surface area (Å²) in [7, 11) is 0. The second-order valence-corrected chi connectivity index (χ2v) is 3.64. The van der Waals surface area contributed by atoms with E-state index in [2.05, 4.69) is 11.6 Å². The van der Waals surface area contributed by atoms with Gasteiger partial charge in [-0.1, -0.05) is 23.2 Å². The van der Waals surface area contributed by atoms with Crippen molar-refractivity contribution in [2.45, 2.75) is 20.0 Å². The molecule has 1 rings (SSSR count). The maximum Gasteiger partial charge on any atom is 0.129 e. The van der Waals surface area contributed by atoms with E-state index in [1.54, 1.807) is 12.3 Å². The standard InChI is InChI=1S/C11H14ClNO/c1-9(2)5-6-14-8-10-3-4-11(12)13-7-10/h3-4,7H,1,5-6,8H2,2H3. The molecule has 1 heterocycles. The van der Waals surface area contributed by atoms with E-state index >= 15 is 0 Å². The van der Waals surface area contributed by atoms with Crippen LogP contribution in [-0.2, 0) is 11.3 Å². The summed E-state index contributed by atoms with van der Waals surface area (Å²) >= 11 is 5.65. The number of pyridine rings is 1. The Morgan fingerprint density at radius 2 is 2.36 bits per heavy atom. The van der Waals surface area contributed by atoms with Crippen LogP contribution in [0.3, 0.4) is 0 Å². The molecule has 0 amide bonds. The van der Waals surface area contributed by atoms with Crippen molar-refractivity contribution >= 4 is 11.6 Å². The Bertz CT molecular complexity index is 295. The fourth-order valence-corrected chi connectivity index (χ4v) is 1.04. The highest BCUT2D eigenvalue weighted by Crippen LogP contribution is 2.06. The smallest absolute Gasteiger partial charge is 0.129 e. The van der Waals surface area contributed by atoms with Crippen molar-refractivity contribution in [3.63, 3.8) is 0 Å². The average molecular weight is 212 g/mol. The molecule has 0 aliphatic heterocycles. The van der Waals surface area contributed by atoms with Gasteiger partial charge >= 0.3 is 0 Å². The summed E-state index contributed by atoms with van der Waals surface area (Å²) in [4.78, 5) is 3.96. The maximum absolute atomic E-state index is 5.65. The normalized spacial score (nSPS) is 10.1. The first kappa shape index (κ1) is 11.2. The van der Waals surface area contributed by atoms with E-state index in [4.69, 9.17) is 16.3 Å². The lowest BCUT2D eigenvalue weighted by molar-refractivity contribution is 0.123. The zero-order chi connectivity index (χ0) is 10.4. The van der Waals surface area contributed by atoms with Crippen molar-refractivity contribution in [2.75, 3.05) is 6.61 Å².